The zero-order chi connectivity index (χ0) is 26.8. The van der Waals surface area contributed by atoms with Gasteiger partial charge in [0.05, 0.1) is 24.9 Å². The first kappa shape index (κ1) is 28.1. The van der Waals surface area contributed by atoms with Crippen LogP contribution < -0.4 is 15.8 Å². The Balaban J connectivity index is 1.73. The van der Waals surface area contributed by atoms with E-state index in [1.807, 2.05) is 26.8 Å². The molecule has 0 aliphatic carbocycles. The summed E-state index contributed by atoms with van der Waals surface area (Å²) < 4.78 is 39.9. The quantitative estimate of drug-likeness (QED) is 0.427. The standard InChI is InChI=1S/C26H34FN2O6P/c1-9-16-13-29(24(31)28-23(16)30)11-10-17(32-8)14-33-36-34-15-18-21(27)19(25(2,3)4)12-20(22(18)35-36)26(5,6)7/h1,12-13,17H,10-11,14-15H2,2-8H3,(H,28,30,31). The number of aryl methyl sites for hydroxylation is 1. The van der Waals surface area contributed by atoms with Crippen LogP contribution in [0.2, 0.25) is 0 Å². The second-order valence-corrected chi connectivity index (χ2v) is 11.9. The van der Waals surface area contributed by atoms with E-state index < -0.39 is 26.0 Å². The summed E-state index contributed by atoms with van der Waals surface area (Å²) in [6, 6.07) is 1.89. The van der Waals surface area contributed by atoms with Crippen LogP contribution in [-0.4, -0.2) is 29.4 Å². The first-order chi connectivity index (χ1) is 16.8. The summed E-state index contributed by atoms with van der Waals surface area (Å²) in [5.74, 6) is 2.42. The average Bonchev–Trinajstić information content (AvgIpc) is 2.78. The fourth-order valence-corrected chi connectivity index (χ4v) is 4.85. The number of benzene rings is 1. The number of rotatable bonds is 7. The molecule has 1 N–H and O–H groups in total. The molecule has 3 rings (SSSR count). The number of halogens is 1. The maximum absolute atomic E-state index is 15.4. The highest BCUT2D eigenvalue weighted by atomic mass is 31.2. The Labute approximate surface area is 212 Å². The van der Waals surface area contributed by atoms with Crippen LogP contribution >= 0.6 is 8.60 Å². The number of nitrogens with one attached hydrogen (secondary N) is 1. The summed E-state index contributed by atoms with van der Waals surface area (Å²) in [5, 5.41) is 0. The van der Waals surface area contributed by atoms with E-state index in [2.05, 4.69) is 31.7 Å². The molecule has 1 aromatic carbocycles. The van der Waals surface area contributed by atoms with Gasteiger partial charge in [0.15, 0.2) is 0 Å². The van der Waals surface area contributed by atoms with Gasteiger partial charge in [-0.1, -0.05) is 47.5 Å². The lowest BCUT2D eigenvalue weighted by molar-refractivity contribution is 0.0396. The van der Waals surface area contributed by atoms with Crippen molar-refractivity contribution >= 4 is 8.60 Å². The molecule has 2 aromatic rings. The van der Waals surface area contributed by atoms with Gasteiger partial charge in [-0.3, -0.25) is 23.4 Å². The van der Waals surface area contributed by atoms with E-state index in [0.717, 1.165) is 5.56 Å². The van der Waals surface area contributed by atoms with Crippen LogP contribution in [-0.2, 0) is 37.8 Å². The number of ether oxygens (including phenoxy) is 1. The number of hydrogen-bond acceptors (Lipinski definition) is 6. The fourth-order valence-electron chi connectivity index (χ4n) is 3.79. The molecule has 0 saturated heterocycles. The number of aromatic nitrogens is 2. The highest BCUT2D eigenvalue weighted by Crippen LogP contribution is 2.52. The first-order valence-electron chi connectivity index (χ1n) is 11.7. The number of methoxy groups -OCH3 is 1. The molecule has 2 heterocycles. The van der Waals surface area contributed by atoms with Gasteiger partial charge in [-0.15, -0.1) is 6.42 Å². The first-order valence-corrected chi connectivity index (χ1v) is 12.8. The Morgan fingerprint density at radius 1 is 1.22 bits per heavy atom. The molecular weight excluding hydrogens is 486 g/mol. The predicted molar refractivity (Wildman–Crippen MR) is 137 cm³/mol. The van der Waals surface area contributed by atoms with Gasteiger partial charge in [0, 0.05) is 25.4 Å². The lowest BCUT2D eigenvalue weighted by atomic mass is 9.78. The van der Waals surface area contributed by atoms with E-state index >= 15 is 4.39 Å². The van der Waals surface area contributed by atoms with Crippen LogP contribution in [0.15, 0.2) is 21.9 Å². The van der Waals surface area contributed by atoms with Gasteiger partial charge in [-0.05, 0) is 28.9 Å². The van der Waals surface area contributed by atoms with Crippen molar-refractivity contribution < 1.29 is 22.7 Å². The normalized spacial score (nSPS) is 16.7. The zero-order valence-electron chi connectivity index (χ0n) is 21.9. The Bertz CT molecular complexity index is 1270. The third-order valence-electron chi connectivity index (χ3n) is 5.96. The molecule has 36 heavy (non-hydrogen) atoms. The molecular formula is C26H34FN2O6P. The predicted octanol–water partition coefficient (Wildman–Crippen LogP) is 4.51. The lowest BCUT2D eigenvalue weighted by Crippen LogP contribution is -2.32. The van der Waals surface area contributed by atoms with Gasteiger partial charge in [0.2, 0.25) is 0 Å². The molecule has 0 bridgehead atoms. The van der Waals surface area contributed by atoms with Gasteiger partial charge >= 0.3 is 14.3 Å². The molecule has 0 amide bonds. The minimum Gasteiger partial charge on any atom is -0.426 e. The maximum atomic E-state index is 15.4. The molecule has 8 nitrogen and oxygen atoms in total. The van der Waals surface area contributed by atoms with Gasteiger partial charge in [0.1, 0.15) is 17.1 Å². The molecule has 1 aliphatic rings. The summed E-state index contributed by atoms with van der Waals surface area (Å²) >= 11 is 0. The average molecular weight is 521 g/mol. The van der Waals surface area contributed by atoms with Crippen LogP contribution in [0.4, 0.5) is 4.39 Å². The van der Waals surface area contributed by atoms with Crippen molar-refractivity contribution in [1.29, 1.82) is 0 Å². The second kappa shape index (κ2) is 10.9. The molecule has 2 unspecified atom stereocenters. The van der Waals surface area contributed by atoms with Crippen molar-refractivity contribution in [2.24, 2.45) is 0 Å². The maximum Gasteiger partial charge on any atom is 0.397 e. The zero-order valence-corrected chi connectivity index (χ0v) is 22.8. The van der Waals surface area contributed by atoms with Crippen LogP contribution in [0.25, 0.3) is 0 Å². The summed E-state index contributed by atoms with van der Waals surface area (Å²) in [6.07, 6.45) is 6.67. The third-order valence-corrected chi connectivity index (χ3v) is 6.99. The Kier molecular flexibility index (Phi) is 8.47. The van der Waals surface area contributed by atoms with E-state index in [9.17, 15) is 9.59 Å². The van der Waals surface area contributed by atoms with E-state index in [4.69, 9.17) is 24.7 Å². The van der Waals surface area contributed by atoms with Crippen molar-refractivity contribution in [3.05, 3.63) is 61.2 Å². The largest absolute Gasteiger partial charge is 0.426 e. The minimum absolute atomic E-state index is 0.0408. The highest BCUT2D eigenvalue weighted by molar-refractivity contribution is 7.42. The summed E-state index contributed by atoms with van der Waals surface area (Å²) in [5.41, 5.74) is 0.178. The minimum atomic E-state index is -1.78. The van der Waals surface area contributed by atoms with Crippen molar-refractivity contribution in [2.75, 3.05) is 13.7 Å². The molecule has 0 fully saturated rings. The van der Waals surface area contributed by atoms with Crippen molar-refractivity contribution in [2.45, 2.75) is 78.0 Å². The number of terminal acetylenes is 1. The second-order valence-electron chi connectivity index (χ2n) is 10.8. The number of fused-ring (bicyclic) bond motifs is 1. The topological polar surface area (TPSA) is 91.8 Å². The molecule has 1 aromatic heterocycles. The Morgan fingerprint density at radius 2 is 1.89 bits per heavy atom. The van der Waals surface area contributed by atoms with Crippen LogP contribution in [0, 0.1) is 18.2 Å². The summed E-state index contributed by atoms with van der Waals surface area (Å²) in [6.45, 7) is 12.5. The van der Waals surface area contributed by atoms with Gasteiger partial charge in [-0.2, -0.15) is 0 Å². The van der Waals surface area contributed by atoms with Crippen molar-refractivity contribution in [1.82, 2.24) is 9.55 Å². The number of H-pyrrole nitrogens is 1. The van der Waals surface area contributed by atoms with Gasteiger partial charge in [0.25, 0.3) is 5.56 Å². The highest BCUT2D eigenvalue weighted by Gasteiger charge is 2.35. The molecule has 0 saturated carbocycles. The Hall–Kier alpha value is -2.50. The smallest absolute Gasteiger partial charge is 0.397 e. The van der Waals surface area contributed by atoms with Crippen LogP contribution in [0.5, 0.6) is 5.75 Å². The van der Waals surface area contributed by atoms with E-state index in [1.54, 1.807) is 0 Å². The van der Waals surface area contributed by atoms with Crippen molar-refractivity contribution in [3.8, 4) is 18.1 Å². The molecule has 10 heteroatoms. The summed E-state index contributed by atoms with van der Waals surface area (Å²) in [4.78, 5) is 25.9. The van der Waals surface area contributed by atoms with E-state index in [1.165, 1.54) is 17.9 Å². The fraction of sp³-hybridized carbons (Fsp3) is 0.538. The van der Waals surface area contributed by atoms with Crippen molar-refractivity contribution in [3.63, 3.8) is 0 Å². The molecule has 196 valence electrons. The SMILES string of the molecule is C#Cc1cn(CCC(COP2OCc3c(F)c(C(C)(C)C)cc(C(C)(C)C)c3O2)OC)c(=O)[nH]c1=O. The number of hydrogen-bond donors (Lipinski definition) is 1. The summed E-state index contributed by atoms with van der Waals surface area (Å²) in [7, 11) is -0.252. The molecule has 0 radical (unpaired) electrons. The van der Waals surface area contributed by atoms with Crippen LogP contribution in [0.3, 0.4) is 0 Å². The van der Waals surface area contributed by atoms with Gasteiger partial charge in [-0.25, -0.2) is 9.18 Å². The molecule has 0 spiro atoms. The lowest BCUT2D eigenvalue weighted by Gasteiger charge is -2.33. The number of aromatic amines is 1. The van der Waals surface area contributed by atoms with E-state index in [-0.39, 0.29) is 42.0 Å². The molecule has 1 aliphatic heterocycles. The Morgan fingerprint density at radius 3 is 2.47 bits per heavy atom. The molecule has 2 atom stereocenters. The monoisotopic (exact) mass is 520 g/mol. The van der Waals surface area contributed by atoms with Gasteiger partial charge < -0.3 is 9.26 Å². The number of nitrogens with zero attached hydrogens (tertiary/aromatic N) is 1. The van der Waals surface area contributed by atoms with Crippen LogP contribution in [0.1, 0.15) is 70.2 Å². The third kappa shape index (κ3) is 6.24. The van der Waals surface area contributed by atoms with E-state index in [0.29, 0.717) is 23.3 Å².